The minimum Gasteiger partial charge on any atom is -0.497 e. The topological polar surface area (TPSA) is 70.2 Å². The van der Waals surface area contributed by atoms with E-state index < -0.39 is 10.0 Å². The highest BCUT2D eigenvalue weighted by Crippen LogP contribution is 2.38. The SMILES string of the molecule is COc1ccc(N2CCN(S(=O)(=O)c3ccc4c(c3)C[C@H](C)N4C(=O)C3CCC3)CC2)cc1. The standard InChI is InChI=1S/C25H31N3O4S/c1-18-16-20-17-23(10-11-24(20)28(18)25(29)19-4-3-5-19)33(30,31)27-14-12-26(13-15-27)21-6-8-22(32-2)9-7-21/h6-11,17-19H,3-5,12-16H2,1-2H3/t18-/m0/s1. The second-order valence-corrected chi connectivity index (χ2v) is 11.2. The van der Waals surface area contributed by atoms with Gasteiger partial charge in [-0.15, -0.1) is 0 Å². The summed E-state index contributed by atoms with van der Waals surface area (Å²) in [7, 11) is -1.94. The van der Waals surface area contributed by atoms with Crippen LogP contribution in [0.3, 0.4) is 0 Å². The molecule has 1 amide bonds. The molecule has 176 valence electrons. The summed E-state index contributed by atoms with van der Waals surface area (Å²) in [5, 5.41) is 0. The van der Waals surface area contributed by atoms with Crippen molar-refractivity contribution in [2.75, 3.05) is 43.1 Å². The average molecular weight is 470 g/mol. The number of hydrogen-bond donors (Lipinski definition) is 0. The van der Waals surface area contributed by atoms with Crippen LogP contribution >= 0.6 is 0 Å². The van der Waals surface area contributed by atoms with Crippen LogP contribution in [0.1, 0.15) is 31.7 Å². The number of amides is 1. The Morgan fingerprint density at radius 3 is 2.30 bits per heavy atom. The number of nitrogens with zero attached hydrogens (tertiary/aromatic N) is 3. The van der Waals surface area contributed by atoms with Crippen LogP contribution in [0.4, 0.5) is 11.4 Å². The molecule has 0 N–H and O–H groups in total. The lowest BCUT2D eigenvalue weighted by molar-refractivity contribution is -0.125. The second kappa shape index (κ2) is 8.65. The Morgan fingerprint density at radius 1 is 1.00 bits per heavy atom. The Kier molecular flexibility index (Phi) is 5.82. The van der Waals surface area contributed by atoms with Crippen LogP contribution in [0, 0.1) is 5.92 Å². The fourth-order valence-electron chi connectivity index (χ4n) is 5.08. The minimum atomic E-state index is -3.58. The van der Waals surface area contributed by atoms with E-state index >= 15 is 0 Å². The van der Waals surface area contributed by atoms with Crippen molar-refractivity contribution < 1.29 is 17.9 Å². The van der Waals surface area contributed by atoms with E-state index in [1.165, 1.54) is 0 Å². The smallest absolute Gasteiger partial charge is 0.243 e. The molecular formula is C25H31N3O4S. The molecule has 2 fully saturated rings. The molecule has 33 heavy (non-hydrogen) atoms. The molecule has 0 radical (unpaired) electrons. The molecule has 2 aromatic rings. The van der Waals surface area contributed by atoms with Gasteiger partial charge in [0.2, 0.25) is 15.9 Å². The van der Waals surface area contributed by atoms with Gasteiger partial charge in [0, 0.05) is 49.5 Å². The Hall–Kier alpha value is -2.58. The first-order valence-electron chi connectivity index (χ1n) is 11.7. The van der Waals surface area contributed by atoms with Crippen LogP contribution in [0.2, 0.25) is 0 Å². The fraction of sp³-hybridized carbons (Fsp3) is 0.480. The van der Waals surface area contributed by atoms with Gasteiger partial charge in [0.25, 0.3) is 0 Å². The molecule has 8 heteroatoms. The molecule has 1 aliphatic carbocycles. The Bertz CT molecular complexity index is 1140. The van der Waals surface area contributed by atoms with E-state index in [4.69, 9.17) is 4.74 Å². The number of carbonyl (C=O) groups excluding carboxylic acids is 1. The van der Waals surface area contributed by atoms with Gasteiger partial charge < -0.3 is 14.5 Å². The zero-order valence-electron chi connectivity index (χ0n) is 19.2. The number of anilines is 2. The Morgan fingerprint density at radius 2 is 1.70 bits per heavy atom. The highest BCUT2D eigenvalue weighted by atomic mass is 32.2. The van der Waals surface area contributed by atoms with Crippen molar-refractivity contribution in [1.82, 2.24) is 4.31 Å². The molecule has 1 saturated carbocycles. The molecule has 7 nitrogen and oxygen atoms in total. The Labute approximate surface area is 196 Å². The van der Waals surface area contributed by atoms with E-state index in [1.54, 1.807) is 23.5 Å². The van der Waals surface area contributed by atoms with Crippen LogP contribution in [-0.4, -0.2) is 58.0 Å². The van der Waals surface area contributed by atoms with Crippen LogP contribution in [0.15, 0.2) is 47.4 Å². The van der Waals surface area contributed by atoms with Crippen LogP contribution in [0.5, 0.6) is 5.75 Å². The van der Waals surface area contributed by atoms with E-state index in [2.05, 4.69) is 4.90 Å². The highest BCUT2D eigenvalue weighted by Gasteiger charge is 2.38. The van der Waals surface area contributed by atoms with E-state index in [9.17, 15) is 13.2 Å². The molecule has 0 unspecified atom stereocenters. The third-order valence-corrected chi connectivity index (χ3v) is 9.17. The minimum absolute atomic E-state index is 0.0686. The molecule has 2 aromatic carbocycles. The molecule has 2 heterocycles. The molecule has 0 bridgehead atoms. The molecule has 0 aromatic heterocycles. The number of carbonyl (C=O) groups is 1. The number of hydrogen-bond acceptors (Lipinski definition) is 5. The summed E-state index contributed by atoms with van der Waals surface area (Å²) in [6.07, 6.45) is 3.75. The van der Waals surface area contributed by atoms with Gasteiger partial charge in [0.15, 0.2) is 0 Å². The zero-order valence-corrected chi connectivity index (χ0v) is 20.1. The van der Waals surface area contributed by atoms with Gasteiger partial charge in [0.05, 0.1) is 12.0 Å². The second-order valence-electron chi connectivity index (χ2n) is 9.27. The largest absolute Gasteiger partial charge is 0.497 e. The molecular weight excluding hydrogens is 438 g/mol. The summed E-state index contributed by atoms with van der Waals surface area (Å²) in [5.74, 6) is 1.13. The van der Waals surface area contributed by atoms with Gasteiger partial charge in [-0.05, 0) is 74.2 Å². The lowest BCUT2D eigenvalue weighted by atomic mass is 9.84. The predicted molar refractivity (Wildman–Crippen MR) is 128 cm³/mol. The van der Waals surface area contributed by atoms with Crippen LogP contribution in [-0.2, 0) is 21.2 Å². The summed E-state index contributed by atoms with van der Waals surface area (Å²) < 4.78 is 33.6. The lowest BCUT2D eigenvalue weighted by Crippen LogP contribution is -2.48. The van der Waals surface area contributed by atoms with E-state index in [0.717, 1.165) is 42.0 Å². The number of benzene rings is 2. The molecule has 1 saturated heterocycles. The third-order valence-electron chi connectivity index (χ3n) is 7.27. The summed E-state index contributed by atoms with van der Waals surface area (Å²) >= 11 is 0. The first kappa shape index (κ1) is 22.2. The summed E-state index contributed by atoms with van der Waals surface area (Å²) in [5.41, 5.74) is 2.89. The molecule has 1 atom stereocenters. The van der Waals surface area contributed by atoms with Crippen molar-refractivity contribution in [3.63, 3.8) is 0 Å². The van der Waals surface area contributed by atoms with Crippen LogP contribution in [0.25, 0.3) is 0 Å². The number of ether oxygens (including phenoxy) is 1. The van der Waals surface area contributed by atoms with Gasteiger partial charge in [-0.25, -0.2) is 8.42 Å². The van der Waals surface area contributed by atoms with Gasteiger partial charge in [-0.3, -0.25) is 4.79 Å². The van der Waals surface area contributed by atoms with Gasteiger partial charge in [-0.2, -0.15) is 4.31 Å². The van der Waals surface area contributed by atoms with Crippen molar-refractivity contribution in [3.8, 4) is 5.75 Å². The van der Waals surface area contributed by atoms with Gasteiger partial charge >= 0.3 is 0 Å². The van der Waals surface area contributed by atoms with Crippen molar-refractivity contribution >= 4 is 27.3 Å². The number of rotatable bonds is 5. The first-order chi connectivity index (χ1) is 15.9. The third kappa shape index (κ3) is 3.99. The number of methoxy groups -OCH3 is 1. The van der Waals surface area contributed by atoms with Gasteiger partial charge in [-0.1, -0.05) is 6.42 Å². The summed E-state index contributed by atoms with van der Waals surface area (Å²) in [6.45, 7) is 4.19. The van der Waals surface area contributed by atoms with Gasteiger partial charge in [0.1, 0.15) is 5.75 Å². The van der Waals surface area contributed by atoms with E-state index in [0.29, 0.717) is 37.5 Å². The van der Waals surface area contributed by atoms with Crippen molar-refractivity contribution in [3.05, 3.63) is 48.0 Å². The van der Waals surface area contributed by atoms with E-state index in [1.807, 2.05) is 42.2 Å². The first-order valence-corrected chi connectivity index (χ1v) is 13.2. The molecule has 0 spiro atoms. The highest BCUT2D eigenvalue weighted by molar-refractivity contribution is 7.89. The van der Waals surface area contributed by atoms with Crippen molar-refractivity contribution in [2.45, 2.75) is 43.5 Å². The normalized spacial score (nSPS) is 21.6. The fourth-order valence-corrected chi connectivity index (χ4v) is 6.56. The van der Waals surface area contributed by atoms with Crippen molar-refractivity contribution in [2.24, 2.45) is 5.92 Å². The zero-order chi connectivity index (χ0) is 23.2. The van der Waals surface area contributed by atoms with E-state index in [-0.39, 0.29) is 17.9 Å². The molecule has 2 aliphatic heterocycles. The molecule has 5 rings (SSSR count). The summed E-state index contributed by atoms with van der Waals surface area (Å²) in [6, 6.07) is 13.2. The summed E-state index contributed by atoms with van der Waals surface area (Å²) in [4.78, 5) is 17.3. The number of sulfonamides is 1. The quantitative estimate of drug-likeness (QED) is 0.672. The maximum absolute atomic E-state index is 13.4. The average Bonchev–Trinajstić information content (AvgIpc) is 3.13. The lowest BCUT2D eigenvalue weighted by Gasteiger charge is -2.35. The maximum atomic E-state index is 13.4. The maximum Gasteiger partial charge on any atom is 0.243 e. The number of fused-ring (bicyclic) bond motifs is 1. The Balaban J connectivity index is 1.29. The monoisotopic (exact) mass is 469 g/mol. The van der Waals surface area contributed by atoms with Crippen molar-refractivity contribution in [1.29, 1.82) is 0 Å². The number of piperazine rings is 1. The molecule has 3 aliphatic rings. The van der Waals surface area contributed by atoms with Crippen LogP contribution < -0.4 is 14.5 Å². The predicted octanol–water partition coefficient (Wildman–Crippen LogP) is 3.28.